The Morgan fingerprint density at radius 2 is 1.83 bits per heavy atom. The number of halogens is 3. The monoisotopic (exact) mass is 261 g/mol. The molecule has 0 aliphatic carbocycles. The first-order valence-corrected chi connectivity index (χ1v) is 5.83. The lowest BCUT2D eigenvalue weighted by atomic mass is 10.1. The molecule has 0 saturated carbocycles. The molecular weight excluding hydrogens is 243 g/mol. The number of rotatable bonds is 4. The number of nitrogen functional groups attached to an aromatic ring is 1. The van der Waals surface area contributed by atoms with Gasteiger partial charge in [-0.05, 0) is 37.5 Å². The van der Waals surface area contributed by atoms with Crippen LogP contribution in [0.5, 0.6) is 5.75 Å². The van der Waals surface area contributed by atoms with E-state index in [4.69, 9.17) is 10.5 Å². The molecular formula is C13H18F3NO. The predicted octanol–water partition coefficient (Wildman–Crippen LogP) is 4.10. The fourth-order valence-corrected chi connectivity index (χ4v) is 1.76. The largest absolute Gasteiger partial charge is 0.489 e. The van der Waals surface area contributed by atoms with Crippen LogP contribution in [-0.4, -0.2) is 6.10 Å². The van der Waals surface area contributed by atoms with Crippen molar-refractivity contribution in [1.29, 1.82) is 0 Å². The molecule has 1 aromatic rings. The smallest absolute Gasteiger partial charge is 0.416 e. The van der Waals surface area contributed by atoms with Crippen LogP contribution < -0.4 is 10.5 Å². The predicted molar refractivity (Wildman–Crippen MR) is 65.4 cm³/mol. The van der Waals surface area contributed by atoms with E-state index in [2.05, 4.69) is 13.8 Å². The molecule has 2 nitrogen and oxygen atoms in total. The average molecular weight is 261 g/mol. The van der Waals surface area contributed by atoms with Crippen LogP contribution in [0, 0.1) is 5.92 Å². The first-order chi connectivity index (χ1) is 8.20. The quantitative estimate of drug-likeness (QED) is 0.828. The first-order valence-electron chi connectivity index (χ1n) is 5.83. The minimum Gasteiger partial charge on any atom is -0.489 e. The van der Waals surface area contributed by atoms with Crippen molar-refractivity contribution in [1.82, 2.24) is 0 Å². The summed E-state index contributed by atoms with van der Waals surface area (Å²) in [6.07, 6.45) is -3.64. The summed E-state index contributed by atoms with van der Waals surface area (Å²) in [5.74, 6) is 0.756. The fourth-order valence-electron chi connectivity index (χ4n) is 1.76. The highest BCUT2D eigenvalue weighted by molar-refractivity contribution is 5.54. The SMILES string of the molecule is CC(C)CC(C)Oc1ccc(C(F)(F)F)cc1N. The molecule has 1 aromatic carbocycles. The normalized spacial score (nSPS) is 13.7. The number of hydrogen-bond acceptors (Lipinski definition) is 2. The lowest BCUT2D eigenvalue weighted by Gasteiger charge is -2.18. The summed E-state index contributed by atoms with van der Waals surface area (Å²) in [5, 5.41) is 0. The molecule has 0 bridgehead atoms. The second-order valence-corrected chi connectivity index (χ2v) is 4.81. The molecule has 1 unspecified atom stereocenters. The van der Waals surface area contributed by atoms with E-state index < -0.39 is 11.7 Å². The van der Waals surface area contributed by atoms with Gasteiger partial charge in [-0.25, -0.2) is 0 Å². The van der Waals surface area contributed by atoms with Crippen molar-refractivity contribution in [3.63, 3.8) is 0 Å². The molecule has 18 heavy (non-hydrogen) atoms. The van der Waals surface area contributed by atoms with Gasteiger partial charge in [-0.2, -0.15) is 13.2 Å². The van der Waals surface area contributed by atoms with Crippen molar-refractivity contribution in [2.75, 3.05) is 5.73 Å². The number of nitrogens with two attached hydrogens (primary N) is 1. The Morgan fingerprint density at radius 3 is 2.28 bits per heavy atom. The Labute approximate surface area is 105 Å². The molecule has 5 heteroatoms. The zero-order valence-corrected chi connectivity index (χ0v) is 10.7. The molecule has 0 radical (unpaired) electrons. The maximum Gasteiger partial charge on any atom is 0.416 e. The van der Waals surface area contributed by atoms with Crippen LogP contribution in [0.3, 0.4) is 0 Å². The number of benzene rings is 1. The summed E-state index contributed by atoms with van der Waals surface area (Å²) in [4.78, 5) is 0. The molecule has 0 aliphatic rings. The Hall–Kier alpha value is -1.39. The molecule has 2 N–H and O–H groups in total. The Bertz CT molecular complexity index is 402. The van der Waals surface area contributed by atoms with Gasteiger partial charge in [0, 0.05) is 0 Å². The number of alkyl halides is 3. The highest BCUT2D eigenvalue weighted by Gasteiger charge is 2.31. The minimum atomic E-state index is -4.38. The summed E-state index contributed by atoms with van der Waals surface area (Å²) >= 11 is 0. The zero-order valence-electron chi connectivity index (χ0n) is 10.7. The summed E-state index contributed by atoms with van der Waals surface area (Å²) < 4.78 is 42.8. The molecule has 0 saturated heterocycles. The van der Waals surface area contributed by atoms with E-state index in [0.29, 0.717) is 11.7 Å². The van der Waals surface area contributed by atoms with E-state index in [1.165, 1.54) is 6.07 Å². The summed E-state index contributed by atoms with van der Waals surface area (Å²) in [6, 6.07) is 3.15. The number of anilines is 1. The molecule has 0 spiro atoms. The van der Waals surface area contributed by atoms with E-state index >= 15 is 0 Å². The highest BCUT2D eigenvalue weighted by atomic mass is 19.4. The van der Waals surface area contributed by atoms with Crippen molar-refractivity contribution in [2.45, 2.75) is 39.5 Å². The van der Waals surface area contributed by atoms with Crippen molar-refractivity contribution < 1.29 is 17.9 Å². The third-order valence-corrected chi connectivity index (χ3v) is 2.47. The second-order valence-electron chi connectivity index (χ2n) is 4.81. The number of hydrogen-bond donors (Lipinski definition) is 1. The maximum atomic E-state index is 12.4. The lowest BCUT2D eigenvalue weighted by molar-refractivity contribution is -0.137. The minimum absolute atomic E-state index is 0.0143. The summed E-state index contributed by atoms with van der Waals surface area (Å²) in [5.41, 5.74) is 4.83. The maximum absolute atomic E-state index is 12.4. The summed E-state index contributed by atoms with van der Waals surface area (Å²) in [6.45, 7) is 5.98. The standard InChI is InChI=1S/C13H18F3NO/c1-8(2)6-9(3)18-12-5-4-10(7-11(12)17)13(14,15)16/h4-5,7-9H,6,17H2,1-3H3. The Balaban J connectivity index is 2.80. The van der Waals surface area contributed by atoms with E-state index in [1.807, 2.05) is 6.92 Å². The molecule has 102 valence electrons. The molecule has 0 fully saturated rings. The van der Waals surface area contributed by atoms with Gasteiger partial charge in [0.25, 0.3) is 0 Å². The average Bonchev–Trinajstić information content (AvgIpc) is 2.18. The Kier molecular flexibility index (Phi) is 4.48. The highest BCUT2D eigenvalue weighted by Crippen LogP contribution is 2.34. The van der Waals surface area contributed by atoms with Gasteiger partial charge in [0.05, 0.1) is 17.4 Å². The van der Waals surface area contributed by atoms with Crippen molar-refractivity contribution in [3.8, 4) is 5.75 Å². The van der Waals surface area contributed by atoms with Gasteiger partial charge in [-0.1, -0.05) is 13.8 Å². The van der Waals surface area contributed by atoms with Gasteiger partial charge in [-0.15, -0.1) is 0 Å². The lowest BCUT2D eigenvalue weighted by Crippen LogP contribution is -2.15. The first kappa shape index (κ1) is 14.7. The van der Waals surface area contributed by atoms with Crippen LogP contribution in [0.2, 0.25) is 0 Å². The number of ether oxygens (including phenoxy) is 1. The Morgan fingerprint density at radius 1 is 1.22 bits per heavy atom. The van der Waals surface area contributed by atoms with E-state index in [1.54, 1.807) is 0 Å². The van der Waals surface area contributed by atoms with E-state index in [0.717, 1.165) is 18.6 Å². The van der Waals surface area contributed by atoms with E-state index in [9.17, 15) is 13.2 Å². The molecule has 0 amide bonds. The van der Waals surface area contributed by atoms with Gasteiger partial charge in [0.2, 0.25) is 0 Å². The summed E-state index contributed by atoms with van der Waals surface area (Å²) in [7, 11) is 0. The van der Waals surface area contributed by atoms with Crippen molar-refractivity contribution >= 4 is 5.69 Å². The van der Waals surface area contributed by atoms with Crippen LogP contribution in [0.15, 0.2) is 18.2 Å². The van der Waals surface area contributed by atoms with Crippen LogP contribution in [0.1, 0.15) is 32.8 Å². The third kappa shape index (κ3) is 4.13. The topological polar surface area (TPSA) is 35.2 Å². The third-order valence-electron chi connectivity index (χ3n) is 2.47. The van der Waals surface area contributed by atoms with Gasteiger partial charge in [0.1, 0.15) is 5.75 Å². The zero-order chi connectivity index (χ0) is 13.9. The van der Waals surface area contributed by atoms with Gasteiger partial charge in [0.15, 0.2) is 0 Å². The van der Waals surface area contributed by atoms with Crippen LogP contribution in [0.25, 0.3) is 0 Å². The van der Waals surface area contributed by atoms with Crippen LogP contribution in [-0.2, 0) is 6.18 Å². The fraction of sp³-hybridized carbons (Fsp3) is 0.538. The van der Waals surface area contributed by atoms with Gasteiger partial charge in [-0.3, -0.25) is 0 Å². The molecule has 1 atom stereocenters. The molecule has 1 rings (SSSR count). The van der Waals surface area contributed by atoms with Crippen molar-refractivity contribution in [2.24, 2.45) is 5.92 Å². The molecule has 0 aromatic heterocycles. The van der Waals surface area contributed by atoms with Crippen molar-refractivity contribution in [3.05, 3.63) is 23.8 Å². The molecule has 0 heterocycles. The van der Waals surface area contributed by atoms with Gasteiger partial charge >= 0.3 is 6.18 Å². The van der Waals surface area contributed by atoms with Crippen LogP contribution in [0.4, 0.5) is 18.9 Å². The van der Waals surface area contributed by atoms with Crippen LogP contribution >= 0.6 is 0 Å². The van der Waals surface area contributed by atoms with E-state index in [-0.39, 0.29) is 11.8 Å². The molecule has 0 aliphatic heterocycles. The van der Waals surface area contributed by atoms with Gasteiger partial charge < -0.3 is 10.5 Å². The second kappa shape index (κ2) is 5.50.